The molecule has 0 saturated carbocycles. The van der Waals surface area contributed by atoms with Crippen LogP contribution in [0, 0.1) is 13.8 Å². The van der Waals surface area contributed by atoms with Crippen molar-refractivity contribution >= 4 is 15.8 Å². The smallest absolute Gasteiger partial charge is 0.243 e. The Morgan fingerprint density at radius 1 is 1.07 bits per heavy atom. The molecule has 6 nitrogen and oxygen atoms in total. The molecule has 1 aliphatic heterocycles. The highest BCUT2D eigenvalue weighted by Gasteiger charge is 2.26. The van der Waals surface area contributed by atoms with E-state index in [4.69, 9.17) is 9.47 Å². The monoisotopic (exact) mass is 403 g/mol. The van der Waals surface area contributed by atoms with E-state index >= 15 is 0 Å². The zero-order valence-corrected chi connectivity index (χ0v) is 17.2. The largest absolute Gasteiger partial charge is 0.483 e. The fraction of sp³-hybridized carbons (Fsp3) is 0.381. The van der Waals surface area contributed by atoms with Crippen molar-refractivity contribution in [2.45, 2.75) is 31.8 Å². The standard InChI is InChI=1S/C21H25NO5S/c1-15-4-5-16(2)20(14-15)21(23)17(3)27-18-6-8-19(9-7-18)28(24,25)22-10-12-26-13-11-22/h4-9,14,17H,10-13H2,1-3H3/t17-/m1/s1. The van der Waals surface area contributed by atoms with E-state index in [1.54, 1.807) is 19.1 Å². The Morgan fingerprint density at radius 2 is 1.71 bits per heavy atom. The zero-order valence-electron chi connectivity index (χ0n) is 16.3. The second-order valence-corrected chi connectivity index (χ2v) is 8.87. The van der Waals surface area contributed by atoms with Crippen LogP contribution in [-0.4, -0.2) is 50.9 Å². The van der Waals surface area contributed by atoms with Gasteiger partial charge in [-0.25, -0.2) is 8.42 Å². The summed E-state index contributed by atoms with van der Waals surface area (Å²) in [6, 6.07) is 11.9. The summed E-state index contributed by atoms with van der Waals surface area (Å²) in [6.07, 6.45) is -0.679. The van der Waals surface area contributed by atoms with E-state index in [0.29, 0.717) is 37.6 Å². The molecule has 1 heterocycles. The topological polar surface area (TPSA) is 72.9 Å². The molecular formula is C21H25NO5S. The third-order valence-electron chi connectivity index (χ3n) is 4.77. The van der Waals surface area contributed by atoms with Gasteiger partial charge in [0.05, 0.1) is 18.1 Å². The molecule has 0 aliphatic carbocycles. The Bertz CT molecular complexity index is 947. The van der Waals surface area contributed by atoms with Gasteiger partial charge in [0.25, 0.3) is 0 Å². The van der Waals surface area contributed by atoms with Crippen LogP contribution in [0.1, 0.15) is 28.4 Å². The van der Waals surface area contributed by atoms with Gasteiger partial charge in [-0.1, -0.05) is 17.7 Å². The minimum Gasteiger partial charge on any atom is -0.483 e. The molecule has 28 heavy (non-hydrogen) atoms. The number of sulfonamides is 1. The van der Waals surface area contributed by atoms with E-state index in [9.17, 15) is 13.2 Å². The van der Waals surface area contributed by atoms with Gasteiger partial charge < -0.3 is 9.47 Å². The quantitative estimate of drug-likeness (QED) is 0.694. The molecule has 3 rings (SSSR count). The van der Waals surface area contributed by atoms with E-state index in [0.717, 1.165) is 11.1 Å². The second kappa shape index (κ2) is 8.43. The van der Waals surface area contributed by atoms with E-state index < -0.39 is 16.1 Å². The lowest BCUT2D eigenvalue weighted by Crippen LogP contribution is -2.40. The molecule has 1 aliphatic rings. The summed E-state index contributed by atoms with van der Waals surface area (Å²) in [4.78, 5) is 12.9. The Labute approximate surface area is 166 Å². The van der Waals surface area contributed by atoms with Crippen LogP contribution in [0.3, 0.4) is 0 Å². The molecule has 1 atom stereocenters. The average Bonchev–Trinajstić information content (AvgIpc) is 2.70. The molecule has 2 aromatic carbocycles. The van der Waals surface area contributed by atoms with Crippen LogP contribution in [0.4, 0.5) is 0 Å². The molecule has 0 unspecified atom stereocenters. The normalized spacial score (nSPS) is 16.5. The number of Topliss-reactive ketones (excluding diaryl/α,β-unsaturated/α-hetero) is 1. The molecule has 1 saturated heterocycles. The summed E-state index contributed by atoms with van der Waals surface area (Å²) < 4.78 is 37.7. The summed E-state index contributed by atoms with van der Waals surface area (Å²) in [5.74, 6) is 0.346. The van der Waals surface area contributed by atoms with Crippen LogP contribution in [0.5, 0.6) is 5.75 Å². The van der Waals surface area contributed by atoms with E-state index in [-0.39, 0.29) is 10.7 Å². The van der Waals surface area contributed by atoms with E-state index in [2.05, 4.69) is 0 Å². The van der Waals surface area contributed by atoms with Gasteiger partial charge in [0, 0.05) is 18.7 Å². The maximum absolute atomic E-state index is 12.7. The molecule has 0 bridgehead atoms. The van der Waals surface area contributed by atoms with Crippen molar-refractivity contribution in [2.75, 3.05) is 26.3 Å². The first kappa shape index (κ1) is 20.5. The van der Waals surface area contributed by atoms with E-state index in [1.165, 1.54) is 16.4 Å². The number of ether oxygens (including phenoxy) is 2. The molecule has 0 spiro atoms. The number of hydrogen-bond donors (Lipinski definition) is 0. The summed E-state index contributed by atoms with van der Waals surface area (Å²) >= 11 is 0. The highest BCUT2D eigenvalue weighted by atomic mass is 32.2. The van der Waals surface area contributed by atoms with Gasteiger partial charge in [0.2, 0.25) is 15.8 Å². The number of benzene rings is 2. The third kappa shape index (κ3) is 4.43. The number of hydrogen-bond acceptors (Lipinski definition) is 5. The van der Waals surface area contributed by atoms with Crippen LogP contribution in [0.25, 0.3) is 0 Å². The van der Waals surface area contributed by atoms with Crippen molar-refractivity contribution in [1.82, 2.24) is 4.31 Å². The Morgan fingerprint density at radius 3 is 2.36 bits per heavy atom. The average molecular weight is 404 g/mol. The first-order chi connectivity index (χ1) is 13.3. The van der Waals surface area contributed by atoms with Gasteiger partial charge >= 0.3 is 0 Å². The molecule has 2 aromatic rings. The van der Waals surface area contributed by atoms with E-state index in [1.807, 2.05) is 32.0 Å². The van der Waals surface area contributed by atoms with Crippen molar-refractivity contribution in [3.63, 3.8) is 0 Å². The number of ketones is 1. The lowest BCUT2D eigenvalue weighted by molar-refractivity contribution is 0.0730. The zero-order chi connectivity index (χ0) is 20.3. The van der Waals surface area contributed by atoms with Crippen LogP contribution in [0.15, 0.2) is 47.4 Å². The molecule has 150 valence electrons. The number of carbonyl (C=O) groups is 1. The van der Waals surface area contributed by atoms with Crippen LogP contribution >= 0.6 is 0 Å². The minimum absolute atomic E-state index is 0.105. The fourth-order valence-electron chi connectivity index (χ4n) is 3.10. The molecule has 0 radical (unpaired) electrons. The summed E-state index contributed by atoms with van der Waals surface area (Å²) in [5, 5.41) is 0. The predicted octanol–water partition coefficient (Wildman–Crippen LogP) is 2.97. The van der Waals surface area contributed by atoms with Gasteiger partial charge in [0.15, 0.2) is 6.10 Å². The summed E-state index contributed by atoms with van der Waals surface area (Å²) in [6.45, 7) is 7.03. The SMILES string of the molecule is Cc1ccc(C)c(C(=O)[C@@H](C)Oc2ccc(S(=O)(=O)N3CCOCC3)cc2)c1. The molecular weight excluding hydrogens is 378 g/mol. The molecule has 0 N–H and O–H groups in total. The molecule has 7 heteroatoms. The maximum Gasteiger partial charge on any atom is 0.243 e. The third-order valence-corrected chi connectivity index (χ3v) is 6.69. The van der Waals surface area contributed by atoms with Crippen LogP contribution in [0.2, 0.25) is 0 Å². The predicted molar refractivity (Wildman–Crippen MR) is 106 cm³/mol. The number of rotatable bonds is 6. The first-order valence-corrected chi connectivity index (χ1v) is 10.7. The first-order valence-electron chi connectivity index (χ1n) is 9.25. The lowest BCUT2D eigenvalue weighted by Gasteiger charge is -2.26. The second-order valence-electron chi connectivity index (χ2n) is 6.93. The number of carbonyl (C=O) groups excluding carboxylic acids is 1. The summed E-state index contributed by atoms with van der Waals surface area (Å²) in [5.41, 5.74) is 2.55. The number of aryl methyl sites for hydroxylation is 2. The van der Waals surface area contributed by atoms with Gasteiger partial charge in [-0.15, -0.1) is 0 Å². The molecule has 0 aromatic heterocycles. The molecule has 0 amide bonds. The lowest BCUT2D eigenvalue weighted by atomic mass is 9.99. The summed E-state index contributed by atoms with van der Waals surface area (Å²) in [7, 11) is -3.55. The highest BCUT2D eigenvalue weighted by molar-refractivity contribution is 7.89. The molecule has 1 fully saturated rings. The number of morpholine rings is 1. The fourth-order valence-corrected chi connectivity index (χ4v) is 4.51. The minimum atomic E-state index is -3.55. The Balaban J connectivity index is 1.71. The van der Waals surface area contributed by atoms with Gasteiger partial charge in [-0.3, -0.25) is 4.79 Å². The van der Waals surface area contributed by atoms with Crippen molar-refractivity contribution in [3.8, 4) is 5.75 Å². The Kier molecular flexibility index (Phi) is 6.17. The number of nitrogens with zero attached hydrogens (tertiary/aromatic N) is 1. The highest BCUT2D eigenvalue weighted by Crippen LogP contribution is 2.22. The van der Waals surface area contributed by atoms with Gasteiger partial charge in [-0.2, -0.15) is 4.31 Å². The van der Waals surface area contributed by atoms with Crippen molar-refractivity contribution in [3.05, 3.63) is 59.2 Å². The van der Waals surface area contributed by atoms with Gasteiger partial charge in [0.1, 0.15) is 5.75 Å². The van der Waals surface area contributed by atoms with Crippen LogP contribution in [-0.2, 0) is 14.8 Å². The van der Waals surface area contributed by atoms with Crippen LogP contribution < -0.4 is 4.74 Å². The Hall–Kier alpha value is -2.22. The van der Waals surface area contributed by atoms with Crippen molar-refractivity contribution in [1.29, 1.82) is 0 Å². The van der Waals surface area contributed by atoms with Gasteiger partial charge in [-0.05, 0) is 56.7 Å². The van der Waals surface area contributed by atoms with Crippen molar-refractivity contribution < 1.29 is 22.7 Å². The van der Waals surface area contributed by atoms with Crippen molar-refractivity contribution in [2.24, 2.45) is 0 Å². The maximum atomic E-state index is 12.7.